The first-order valence-electron chi connectivity index (χ1n) is 7.79. The van der Waals surface area contributed by atoms with Gasteiger partial charge in [-0.1, -0.05) is 0 Å². The summed E-state index contributed by atoms with van der Waals surface area (Å²) in [6, 6.07) is 7.56. The van der Waals surface area contributed by atoms with Crippen molar-refractivity contribution < 1.29 is 24.2 Å². The van der Waals surface area contributed by atoms with E-state index in [2.05, 4.69) is 10.3 Å². The number of aliphatic carboxylic acids is 1. The normalized spacial score (nSPS) is 10.5. The fourth-order valence-electron chi connectivity index (χ4n) is 2.07. The minimum Gasteiger partial charge on any atom is -0.494 e. The van der Waals surface area contributed by atoms with E-state index in [1.165, 1.54) is 11.3 Å². The second-order valence-electron chi connectivity index (χ2n) is 5.09. The van der Waals surface area contributed by atoms with Crippen LogP contribution in [0.5, 0.6) is 5.75 Å². The summed E-state index contributed by atoms with van der Waals surface area (Å²) in [5.41, 5.74) is 1.57. The lowest BCUT2D eigenvalue weighted by molar-refractivity contribution is -0.142. The molecule has 7 nitrogen and oxygen atoms in total. The molecule has 2 N–H and O–H groups in total. The number of carbonyl (C=O) groups is 2. The molecule has 0 atom stereocenters. The van der Waals surface area contributed by atoms with Crippen molar-refractivity contribution in [1.29, 1.82) is 0 Å². The molecule has 0 fully saturated rings. The van der Waals surface area contributed by atoms with Crippen LogP contribution in [-0.4, -0.2) is 48.3 Å². The Morgan fingerprint density at radius 1 is 1.28 bits per heavy atom. The molecule has 0 saturated heterocycles. The average Bonchev–Trinajstić information content (AvgIpc) is 2.97. The molecular weight excluding hydrogens is 344 g/mol. The van der Waals surface area contributed by atoms with Crippen molar-refractivity contribution in [3.05, 3.63) is 34.8 Å². The van der Waals surface area contributed by atoms with Gasteiger partial charge in [0.05, 0.1) is 18.9 Å². The van der Waals surface area contributed by atoms with Crippen molar-refractivity contribution in [2.45, 2.75) is 13.8 Å². The van der Waals surface area contributed by atoms with Gasteiger partial charge in [0.15, 0.2) is 0 Å². The van der Waals surface area contributed by atoms with Crippen LogP contribution in [0.2, 0.25) is 0 Å². The van der Waals surface area contributed by atoms with Crippen LogP contribution in [0.1, 0.15) is 22.3 Å². The maximum atomic E-state index is 12.2. The van der Waals surface area contributed by atoms with Crippen LogP contribution in [0.4, 0.5) is 0 Å². The SMILES string of the molecule is CCOc1ccc(-c2nc(C)c(C(=O)NCCOCC(=O)O)s2)cc1. The minimum absolute atomic E-state index is 0.141. The first-order valence-corrected chi connectivity index (χ1v) is 8.61. The Hall–Kier alpha value is -2.45. The van der Waals surface area contributed by atoms with Gasteiger partial charge in [-0.2, -0.15) is 0 Å². The monoisotopic (exact) mass is 364 g/mol. The van der Waals surface area contributed by atoms with Gasteiger partial charge in [-0.05, 0) is 38.1 Å². The van der Waals surface area contributed by atoms with E-state index in [0.29, 0.717) is 17.2 Å². The number of nitrogens with zero attached hydrogens (tertiary/aromatic N) is 1. The molecule has 1 aromatic carbocycles. The second kappa shape index (κ2) is 9.14. The molecule has 0 radical (unpaired) electrons. The van der Waals surface area contributed by atoms with E-state index in [0.717, 1.165) is 16.3 Å². The molecule has 1 aromatic heterocycles. The van der Waals surface area contributed by atoms with Gasteiger partial charge in [0, 0.05) is 12.1 Å². The summed E-state index contributed by atoms with van der Waals surface area (Å²) in [4.78, 5) is 27.5. The van der Waals surface area contributed by atoms with Gasteiger partial charge in [-0.3, -0.25) is 4.79 Å². The predicted octanol–water partition coefficient (Wildman–Crippen LogP) is 2.35. The van der Waals surface area contributed by atoms with E-state index in [1.54, 1.807) is 6.92 Å². The Morgan fingerprint density at radius 2 is 2.00 bits per heavy atom. The van der Waals surface area contributed by atoms with Gasteiger partial charge >= 0.3 is 5.97 Å². The molecule has 0 saturated carbocycles. The molecule has 0 aliphatic carbocycles. The maximum absolute atomic E-state index is 12.2. The van der Waals surface area contributed by atoms with E-state index in [9.17, 15) is 9.59 Å². The molecule has 1 heterocycles. The molecule has 8 heteroatoms. The minimum atomic E-state index is -1.04. The molecule has 2 aromatic rings. The van der Waals surface area contributed by atoms with Gasteiger partial charge in [-0.25, -0.2) is 9.78 Å². The fourth-order valence-corrected chi connectivity index (χ4v) is 3.06. The molecule has 1 amide bonds. The van der Waals surface area contributed by atoms with Crippen molar-refractivity contribution >= 4 is 23.2 Å². The third-order valence-electron chi connectivity index (χ3n) is 3.17. The van der Waals surface area contributed by atoms with Crippen LogP contribution in [0.15, 0.2) is 24.3 Å². The topological polar surface area (TPSA) is 97.8 Å². The number of aromatic nitrogens is 1. The van der Waals surface area contributed by atoms with Crippen LogP contribution < -0.4 is 10.1 Å². The smallest absolute Gasteiger partial charge is 0.329 e. The van der Waals surface area contributed by atoms with Crippen molar-refractivity contribution in [1.82, 2.24) is 10.3 Å². The third-order valence-corrected chi connectivity index (χ3v) is 4.38. The van der Waals surface area contributed by atoms with Crippen LogP contribution in [0.3, 0.4) is 0 Å². The average molecular weight is 364 g/mol. The molecule has 0 bridgehead atoms. The quantitative estimate of drug-likeness (QED) is 0.663. The van der Waals surface area contributed by atoms with Crippen LogP contribution in [0.25, 0.3) is 10.6 Å². The maximum Gasteiger partial charge on any atom is 0.329 e. The fraction of sp³-hybridized carbons (Fsp3) is 0.353. The number of hydrogen-bond acceptors (Lipinski definition) is 6. The van der Waals surface area contributed by atoms with Gasteiger partial charge < -0.3 is 19.9 Å². The van der Waals surface area contributed by atoms with Crippen molar-refractivity contribution in [2.75, 3.05) is 26.4 Å². The summed E-state index contributed by atoms with van der Waals surface area (Å²) < 4.78 is 10.3. The number of carboxylic acids is 1. The number of rotatable bonds is 9. The third kappa shape index (κ3) is 5.54. The number of benzene rings is 1. The molecule has 0 aliphatic rings. The van der Waals surface area contributed by atoms with Gasteiger partial charge in [0.25, 0.3) is 5.91 Å². The first kappa shape index (κ1) is 18.9. The van der Waals surface area contributed by atoms with Crippen LogP contribution in [0, 0.1) is 6.92 Å². The first-order chi connectivity index (χ1) is 12.0. The van der Waals surface area contributed by atoms with Gasteiger partial charge in [0.1, 0.15) is 22.2 Å². The van der Waals surface area contributed by atoms with Crippen molar-refractivity contribution in [3.63, 3.8) is 0 Å². The number of hydrogen-bond donors (Lipinski definition) is 2. The Balaban J connectivity index is 1.96. The van der Waals surface area contributed by atoms with E-state index < -0.39 is 5.97 Å². The molecular formula is C17H20N2O5S. The van der Waals surface area contributed by atoms with Crippen LogP contribution in [-0.2, 0) is 9.53 Å². The summed E-state index contributed by atoms with van der Waals surface area (Å²) in [5, 5.41) is 11.9. The number of carbonyl (C=O) groups excluding carboxylic acids is 1. The lowest BCUT2D eigenvalue weighted by atomic mass is 10.2. The Kier molecular flexibility index (Phi) is 6.91. The summed E-state index contributed by atoms with van der Waals surface area (Å²) >= 11 is 1.31. The van der Waals surface area contributed by atoms with E-state index in [-0.39, 0.29) is 25.7 Å². The van der Waals surface area contributed by atoms with Gasteiger partial charge in [-0.15, -0.1) is 11.3 Å². The summed E-state index contributed by atoms with van der Waals surface area (Å²) in [5.74, 6) is -0.491. The molecule has 0 aliphatic heterocycles. The Bertz CT molecular complexity index is 727. The molecule has 2 rings (SSSR count). The summed E-state index contributed by atoms with van der Waals surface area (Å²) in [7, 11) is 0. The number of nitrogens with one attached hydrogen (secondary N) is 1. The summed E-state index contributed by atoms with van der Waals surface area (Å²) in [6.45, 7) is 4.32. The Labute approximate surface area is 149 Å². The van der Waals surface area contributed by atoms with Gasteiger partial charge in [0.2, 0.25) is 0 Å². The van der Waals surface area contributed by atoms with E-state index in [1.807, 2.05) is 31.2 Å². The highest BCUT2D eigenvalue weighted by atomic mass is 32.1. The predicted molar refractivity (Wildman–Crippen MR) is 94.2 cm³/mol. The zero-order chi connectivity index (χ0) is 18.2. The highest BCUT2D eigenvalue weighted by Crippen LogP contribution is 2.29. The van der Waals surface area contributed by atoms with Crippen molar-refractivity contribution in [2.24, 2.45) is 0 Å². The number of aryl methyl sites for hydroxylation is 1. The lowest BCUT2D eigenvalue weighted by Gasteiger charge is -2.04. The number of amides is 1. The van der Waals surface area contributed by atoms with Crippen molar-refractivity contribution in [3.8, 4) is 16.3 Å². The standard InChI is InChI=1S/C17H20N2O5S/c1-3-24-13-6-4-12(5-7-13)17-19-11(2)15(25-17)16(22)18-8-9-23-10-14(20)21/h4-7H,3,8-10H2,1-2H3,(H,18,22)(H,20,21). The number of carboxylic acid groups (broad SMARTS) is 1. The molecule has 0 spiro atoms. The largest absolute Gasteiger partial charge is 0.494 e. The number of thiazole rings is 1. The molecule has 0 unspecified atom stereocenters. The second-order valence-corrected chi connectivity index (χ2v) is 6.09. The summed E-state index contributed by atoms with van der Waals surface area (Å²) in [6.07, 6.45) is 0. The number of ether oxygens (including phenoxy) is 2. The Morgan fingerprint density at radius 3 is 2.64 bits per heavy atom. The zero-order valence-corrected chi connectivity index (χ0v) is 14.9. The highest BCUT2D eigenvalue weighted by Gasteiger charge is 2.16. The molecule has 134 valence electrons. The van der Waals surface area contributed by atoms with Crippen LogP contribution >= 0.6 is 11.3 Å². The molecule has 25 heavy (non-hydrogen) atoms. The highest BCUT2D eigenvalue weighted by molar-refractivity contribution is 7.17. The lowest BCUT2D eigenvalue weighted by Crippen LogP contribution is -2.27. The zero-order valence-electron chi connectivity index (χ0n) is 14.1. The van der Waals surface area contributed by atoms with E-state index in [4.69, 9.17) is 14.6 Å². The van der Waals surface area contributed by atoms with E-state index >= 15 is 0 Å².